The lowest BCUT2D eigenvalue weighted by Gasteiger charge is -2.35. The molecule has 3 rings (SSSR count). The molecule has 2 nitrogen and oxygen atoms in total. The van der Waals surface area contributed by atoms with Crippen molar-refractivity contribution >= 4 is 28.8 Å². The van der Waals surface area contributed by atoms with Crippen LogP contribution in [0.5, 0.6) is 0 Å². The van der Waals surface area contributed by atoms with Crippen molar-refractivity contribution in [3.05, 3.63) is 57.2 Å². The highest BCUT2D eigenvalue weighted by molar-refractivity contribution is 7.07. The van der Waals surface area contributed by atoms with Crippen molar-refractivity contribution in [3.63, 3.8) is 0 Å². The van der Waals surface area contributed by atoms with Crippen LogP contribution in [0.25, 0.3) is 0 Å². The van der Waals surface area contributed by atoms with Gasteiger partial charge < -0.3 is 4.90 Å². The Morgan fingerprint density at radius 1 is 1.21 bits per heavy atom. The lowest BCUT2D eigenvalue weighted by Crippen LogP contribution is -2.45. The molecule has 1 aliphatic carbocycles. The minimum atomic E-state index is -0.365. The number of hydrogen-bond donors (Lipinski definition) is 0. The van der Waals surface area contributed by atoms with Gasteiger partial charge in [-0.3, -0.25) is 4.79 Å². The quantitative estimate of drug-likeness (QED) is 0.650. The van der Waals surface area contributed by atoms with Crippen LogP contribution in [-0.2, 0) is 16.8 Å². The van der Waals surface area contributed by atoms with Crippen LogP contribution in [-0.4, -0.2) is 17.4 Å². The summed E-state index contributed by atoms with van der Waals surface area (Å²) in [6, 6.07) is 10.0. The number of halogens is 1. The highest BCUT2D eigenvalue weighted by Crippen LogP contribution is 2.43. The van der Waals surface area contributed by atoms with Crippen LogP contribution in [0, 0.1) is 0 Å². The molecule has 4 heteroatoms. The summed E-state index contributed by atoms with van der Waals surface area (Å²) in [5.74, 6) is 0.287. The molecule has 0 spiro atoms. The predicted octanol–water partition coefficient (Wildman–Crippen LogP) is 5.65. The molecule has 128 valence electrons. The number of rotatable bonds is 6. The highest BCUT2D eigenvalue weighted by Gasteiger charge is 2.44. The standard InChI is InChI=1S/C20H24ClNOS/c1-2-12-22(14-16-9-13-24-15-16)19(23)20(10-3-4-11-20)17-5-7-18(21)8-6-17/h5-9,13,15H,2-4,10-12,14H2,1H3. The molecule has 0 N–H and O–H groups in total. The van der Waals surface area contributed by atoms with E-state index in [1.165, 1.54) is 5.56 Å². The SMILES string of the molecule is CCCN(Cc1ccsc1)C(=O)C1(c2ccc(Cl)cc2)CCCC1. The van der Waals surface area contributed by atoms with E-state index in [4.69, 9.17) is 11.6 Å². The Morgan fingerprint density at radius 3 is 2.50 bits per heavy atom. The summed E-state index contributed by atoms with van der Waals surface area (Å²) in [5, 5.41) is 4.94. The van der Waals surface area contributed by atoms with Crippen LogP contribution in [0.2, 0.25) is 5.02 Å². The van der Waals surface area contributed by atoms with Gasteiger partial charge in [0.05, 0.1) is 5.41 Å². The maximum Gasteiger partial charge on any atom is 0.233 e. The van der Waals surface area contributed by atoms with Crippen molar-refractivity contribution in [2.75, 3.05) is 6.54 Å². The van der Waals surface area contributed by atoms with Crippen molar-refractivity contribution in [3.8, 4) is 0 Å². The number of hydrogen-bond acceptors (Lipinski definition) is 2. The summed E-state index contributed by atoms with van der Waals surface area (Å²) in [7, 11) is 0. The molecule has 0 unspecified atom stereocenters. The van der Waals surface area contributed by atoms with Gasteiger partial charge in [0.25, 0.3) is 0 Å². The van der Waals surface area contributed by atoms with Gasteiger partial charge in [0.2, 0.25) is 5.91 Å². The van der Waals surface area contributed by atoms with Gasteiger partial charge in [0, 0.05) is 18.1 Å². The van der Waals surface area contributed by atoms with E-state index in [0.29, 0.717) is 6.54 Å². The second kappa shape index (κ2) is 7.71. The second-order valence-corrected chi connectivity index (χ2v) is 7.87. The van der Waals surface area contributed by atoms with Crippen LogP contribution in [0.3, 0.4) is 0 Å². The molecule has 1 aromatic heterocycles. The molecular weight excluding hydrogens is 338 g/mol. The number of benzene rings is 1. The van der Waals surface area contributed by atoms with Crippen LogP contribution >= 0.6 is 22.9 Å². The van der Waals surface area contributed by atoms with E-state index < -0.39 is 0 Å². The third-order valence-corrected chi connectivity index (χ3v) is 5.98. The first kappa shape index (κ1) is 17.5. The molecule has 1 aliphatic rings. The van der Waals surface area contributed by atoms with Crippen molar-refractivity contribution < 1.29 is 4.79 Å². The number of carbonyl (C=O) groups excluding carboxylic acids is 1. The first-order valence-electron chi connectivity index (χ1n) is 8.72. The van der Waals surface area contributed by atoms with E-state index in [2.05, 4.69) is 28.7 Å². The van der Waals surface area contributed by atoms with Crippen LogP contribution in [0.15, 0.2) is 41.1 Å². The minimum absolute atomic E-state index is 0.287. The molecule has 24 heavy (non-hydrogen) atoms. The third kappa shape index (κ3) is 3.52. The normalized spacial score (nSPS) is 16.2. The molecule has 0 radical (unpaired) electrons. The Morgan fingerprint density at radius 2 is 1.92 bits per heavy atom. The van der Waals surface area contributed by atoms with Gasteiger partial charge in [-0.1, -0.05) is 43.5 Å². The molecule has 0 aliphatic heterocycles. The fourth-order valence-corrected chi connectivity index (χ4v) is 4.59. The maximum atomic E-state index is 13.6. The number of amides is 1. The minimum Gasteiger partial charge on any atom is -0.338 e. The zero-order valence-electron chi connectivity index (χ0n) is 14.1. The van der Waals surface area contributed by atoms with E-state index in [1.807, 2.05) is 24.3 Å². The van der Waals surface area contributed by atoms with Gasteiger partial charge in [0.15, 0.2) is 0 Å². The largest absolute Gasteiger partial charge is 0.338 e. The molecule has 2 aromatic rings. The van der Waals surface area contributed by atoms with Crippen molar-refractivity contribution in [2.45, 2.75) is 51.0 Å². The Hall–Kier alpha value is -1.32. The number of carbonyl (C=O) groups is 1. The zero-order chi connectivity index (χ0) is 17.0. The number of nitrogens with zero attached hydrogens (tertiary/aromatic N) is 1. The van der Waals surface area contributed by atoms with Crippen molar-refractivity contribution in [2.24, 2.45) is 0 Å². The zero-order valence-corrected chi connectivity index (χ0v) is 15.7. The van der Waals surface area contributed by atoms with Gasteiger partial charge in [-0.05, 0) is 59.3 Å². The van der Waals surface area contributed by atoms with Crippen molar-refractivity contribution in [1.29, 1.82) is 0 Å². The van der Waals surface area contributed by atoms with E-state index >= 15 is 0 Å². The Kier molecular flexibility index (Phi) is 5.62. The van der Waals surface area contributed by atoms with Gasteiger partial charge in [-0.15, -0.1) is 0 Å². The third-order valence-electron chi connectivity index (χ3n) is 5.00. The summed E-state index contributed by atoms with van der Waals surface area (Å²) in [5.41, 5.74) is 1.99. The van der Waals surface area contributed by atoms with Gasteiger partial charge >= 0.3 is 0 Å². The van der Waals surface area contributed by atoms with E-state index in [0.717, 1.165) is 49.2 Å². The second-order valence-electron chi connectivity index (χ2n) is 6.65. The van der Waals surface area contributed by atoms with Crippen LogP contribution in [0.4, 0.5) is 0 Å². The highest BCUT2D eigenvalue weighted by atomic mass is 35.5. The topological polar surface area (TPSA) is 20.3 Å². The molecule has 1 heterocycles. The summed E-state index contributed by atoms with van der Waals surface area (Å²) in [4.78, 5) is 15.6. The molecule has 1 aromatic carbocycles. The summed E-state index contributed by atoms with van der Waals surface area (Å²) >= 11 is 7.74. The van der Waals surface area contributed by atoms with E-state index in [9.17, 15) is 4.79 Å². The fourth-order valence-electron chi connectivity index (χ4n) is 3.80. The van der Waals surface area contributed by atoms with E-state index in [-0.39, 0.29) is 11.3 Å². The Labute approximate surface area is 153 Å². The molecular formula is C20H24ClNOS. The van der Waals surface area contributed by atoms with Crippen molar-refractivity contribution in [1.82, 2.24) is 4.90 Å². The maximum absolute atomic E-state index is 13.6. The molecule has 0 atom stereocenters. The van der Waals surface area contributed by atoms with Gasteiger partial charge in [-0.2, -0.15) is 11.3 Å². The summed E-state index contributed by atoms with van der Waals surface area (Å²) < 4.78 is 0. The first-order valence-corrected chi connectivity index (χ1v) is 10.0. The molecule has 0 saturated heterocycles. The summed E-state index contributed by atoms with van der Waals surface area (Å²) in [6.45, 7) is 3.66. The predicted molar refractivity (Wildman–Crippen MR) is 102 cm³/mol. The van der Waals surface area contributed by atoms with Gasteiger partial charge in [-0.25, -0.2) is 0 Å². The number of thiophene rings is 1. The lowest BCUT2D eigenvalue weighted by molar-refractivity contribution is -0.138. The Bertz CT molecular complexity index is 659. The van der Waals surface area contributed by atoms with Crippen LogP contribution in [0.1, 0.15) is 50.2 Å². The summed E-state index contributed by atoms with van der Waals surface area (Å²) in [6.07, 6.45) is 5.10. The Balaban J connectivity index is 1.90. The van der Waals surface area contributed by atoms with Crippen LogP contribution < -0.4 is 0 Å². The lowest BCUT2D eigenvalue weighted by atomic mass is 9.77. The molecule has 0 bridgehead atoms. The molecule has 1 saturated carbocycles. The first-order chi connectivity index (χ1) is 11.7. The monoisotopic (exact) mass is 361 g/mol. The molecule has 1 fully saturated rings. The fraction of sp³-hybridized carbons (Fsp3) is 0.450. The van der Waals surface area contributed by atoms with E-state index in [1.54, 1.807) is 11.3 Å². The molecule has 1 amide bonds. The average molecular weight is 362 g/mol. The van der Waals surface area contributed by atoms with Gasteiger partial charge in [0.1, 0.15) is 0 Å². The average Bonchev–Trinajstić information content (AvgIpc) is 3.27. The smallest absolute Gasteiger partial charge is 0.233 e.